The van der Waals surface area contributed by atoms with Gasteiger partial charge in [0.2, 0.25) is 11.8 Å². The Morgan fingerprint density at radius 2 is 2.15 bits per heavy atom. The summed E-state index contributed by atoms with van der Waals surface area (Å²) in [5.41, 5.74) is 4.41. The Labute approximate surface area is 149 Å². The Balaban J connectivity index is 1.93. The molecule has 3 N–H and O–H groups in total. The molecule has 8 nitrogen and oxygen atoms in total. The minimum Gasteiger partial charge on any atom is -0.481 e. The lowest BCUT2D eigenvalue weighted by Crippen LogP contribution is -2.21. The van der Waals surface area contributed by atoms with Gasteiger partial charge in [-0.05, 0) is 29.8 Å². The second-order valence-electron chi connectivity index (χ2n) is 5.40. The van der Waals surface area contributed by atoms with Crippen molar-refractivity contribution in [2.75, 3.05) is 12.4 Å². The first-order valence-electron chi connectivity index (χ1n) is 7.67. The SMILES string of the molecule is COc1ccc2c(Nc3ccc(CC(=O)NO)c(C#N)c3)ccnc2n1. The van der Waals surface area contributed by atoms with Crippen molar-refractivity contribution in [1.29, 1.82) is 5.26 Å². The Hall–Kier alpha value is -3.70. The molecule has 0 aliphatic rings. The van der Waals surface area contributed by atoms with Gasteiger partial charge < -0.3 is 10.1 Å². The number of hydroxylamine groups is 1. The molecule has 0 fully saturated rings. The van der Waals surface area contributed by atoms with Crippen molar-refractivity contribution >= 4 is 28.3 Å². The number of hydrogen-bond acceptors (Lipinski definition) is 7. The molecule has 8 heteroatoms. The van der Waals surface area contributed by atoms with Gasteiger partial charge in [0.05, 0.1) is 30.9 Å². The Morgan fingerprint density at radius 1 is 1.31 bits per heavy atom. The summed E-state index contributed by atoms with van der Waals surface area (Å²) in [7, 11) is 1.54. The third kappa shape index (κ3) is 3.53. The van der Waals surface area contributed by atoms with E-state index < -0.39 is 5.91 Å². The number of rotatable bonds is 5. The Morgan fingerprint density at radius 3 is 2.88 bits per heavy atom. The number of ether oxygens (including phenoxy) is 1. The molecule has 0 aliphatic heterocycles. The standard InChI is InChI=1S/C18H15N5O3/c1-26-17-5-4-14-15(6-7-20-18(14)22-17)21-13-3-2-11(9-16(24)23-25)12(8-13)10-19/h2-8,25H,9H2,1H3,(H,23,24)(H,20,21,22). The number of carbonyl (C=O) groups excluding carboxylic acids is 1. The molecule has 0 aliphatic carbocycles. The Bertz CT molecular complexity index is 1010. The van der Waals surface area contributed by atoms with Crippen molar-refractivity contribution in [2.45, 2.75) is 6.42 Å². The summed E-state index contributed by atoms with van der Waals surface area (Å²) in [4.78, 5) is 19.8. The van der Waals surface area contributed by atoms with Crippen LogP contribution in [-0.2, 0) is 11.2 Å². The molecule has 0 saturated carbocycles. The van der Waals surface area contributed by atoms with E-state index >= 15 is 0 Å². The lowest BCUT2D eigenvalue weighted by molar-refractivity contribution is -0.128. The number of methoxy groups -OCH3 is 1. The van der Waals surface area contributed by atoms with Crippen LogP contribution in [0.1, 0.15) is 11.1 Å². The van der Waals surface area contributed by atoms with Crippen LogP contribution in [0, 0.1) is 11.3 Å². The number of amides is 1. The van der Waals surface area contributed by atoms with Gasteiger partial charge in [0.15, 0.2) is 5.65 Å². The highest BCUT2D eigenvalue weighted by atomic mass is 16.5. The highest BCUT2D eigenvalue weighted by Crippen LogP contribution is 2.27. The normalized spacial score (nSPS) is 10.2. The maximum absolute atomic E-state index is 11.3. The van der Waals surface area contributed by atoms with E-state index in [0.29, 0.717) is 28.3 Å². The molecule has 1 aromatic carbocycles. The molecule has 2 aromatic heterocycles. The van der Waals surface area contributed by atoms with Crippen LogP contribution < -0.4 is 15.5 Å². The fourth-order valence-corrected chi connectivity index (χ4v) is 2.51. The number of benzene rings is 1. The fourth-order valence-electron chi connectivity index (χ4n) is 2.51. The van der Waals surface area contributed by atoms with Crippen LogP contribution in [0.25, 0.3) is 11.0 Å². The second kappa shape index (κ2) is 7.46. The molecule has 0 saturated heterocycles. The van der Waals surface area contributed by atoms with Gasteiger partial charge in [-0.15, -0.1) is 0 Å². The molecule has 0 bridgehead atoms. The minimum absolute atomic E-state index is 0.0818. The largest absolute Gasteiger partial charge is 0.481 e. The third-order valence-corrected chi connectivity index (χ3v) is 3.77. The third-order valence-electron chi connectivity index (χ3n) is 3.77. The van der Waals surface area contributed by atoms with Crippen LogP contribution in [0.2, 0.25) is 0 Å². The predicted molar refractivity (Wildman–Crippen MR) is 94.2 cm³/mol. The summed E-state index contributed by atoms with van der Waals surface area (Å²) in [6.07, 6.45) is 1.55. The Kier molecular flexibility index (Phi) is 4.92. The van der Waals surface area contributed by atoms with Crippen LogP contribution in [0.4, 0.5) is 11.4 Å². The van der Waals surface area contributed by atoms with E-state index in [0.717, 1.165) is 11.1 Å². The van der Waals surface area contributed by atoms with Crippen LogP contribution >= 0.6 is 0 Å². The molecule has 0 unspecified atom stereocenters. The topological polar surface area (TPSA) is 120 Å². The van der Waals surface area contributed by atoms with Gasteiger partial charge in [0, 0.05) is 23.3 Å². The first kappa shape index (κ1) is 17.1. The van der Waals surface area contributed by atoms with Crippen LogP contribution in [0.15, 0.2) is 42.6 Å². The number of anilines is 2. The smallest absolute Gasteiger partial charge is 0.247 e. The van der Waals surface area contributed by atoms with Crippen molar-refractivity contribution in [3.05, 3.63) is 53.7 Å². The number of aromatic nitrogens is 2. The van der Waals surface area contributed by atoms with Gasteiger partial charge in [-0.2, -0.15) is 10.2 Å². The van der Waals surface area contributed by atoms with Crippen LogP contribution in [0.5, 0.6) is 5.88 Å². The summed E-state index contributed by atoms with van der Waals surface area (Å²) < 4.78 is 5.11. The van der Waals surface area contributed by atoms with E-state index in [1.165, 1.54) is 7.11 Å². The average Bonchev–Trinajstić information content (AvgIpc) is 2.68. The minimum atomic E-state index is -0.581. The summed E-state index contributed by atoms with van der Waals surface area (Å²) in [6, 6.07) is 12.5. The van der Waals surface area contributed by atoms with Crippen molar-refractivity contribution < 1.29 is 14.7 Å². The summed E-state index contributed by atoms with van der Waals surface area (Å²) >= 11 is 0. The summed E-state index contributed by atoms with van der Waals surface area (Å²) in [5.74, 6) is -0.109. The molecule has 1 amide bonds. The van der Waals surface area contributed by atoms with Gasteiger partial charge in [0.25, 0.3) is 0 Å². The van der Waals surface area contributed by atoms with E-state index in [9.17, 15) is 10.1 Å². The number of fused-ring (bicyclic) bond motifs is 1. The molecule has 130 valence electrons. The quantitative estimate of drug-likeness (QED) is 0.477. The van der Waals surface area contributed by atoms with Gasteiger partial charge in [-0.3, -0.25) is 10.0 Å². The number of hydrogen-bond donors (Lipinski definition) is 3. The zero-order valence-electron chi connectivity index (χ0n) is 13.9. The number of nitrogens with zero attached hydrogens (tertiary/aromatic N) is 3. The zero-order valence-corrected chi connectivity index (χ0v) is 13.9. The van der Waals surface area contributed by atoms with Crippen molar-refractivity contribution in [3.8, 4) is 11.9 Å². The molecule has 3 aromatic rings. The van der Waals surface area contributed by atoms with Crippen molar-refractivity contribution in [2.24, 2.45) is 0 Å². The van der Waals surface area contributed by atoms with Crippen LogP contribution in [-0.4, -0.2) is 28.2 Å². The molecule has 0 spiro atoms. The number of pyridine rings is 2. The number of nitrogens with one attached hydrogen (secondary N) is 2. The summed E-state index contributed by atoms with van der Waals surface area (Å²) in [5, 5.41) is 22.0. The van der Waals surface area contributed by atoms with Crippen molar-refractivity contribution in [3.63, 3.8) is 0 Å². The van der Waals surface area contributed by atoms with Crippen molar-refractivity contribution in [1.82, 2.24) is 15.4 Å². The van der Waals surface area contributed by atoms with E-state index in [4.69, 9.17) is 9.94 Å². The van der Waals surface area contributed by atoms with Gasteiger partial charge >= 0.3 is 0 Å². The molecular formula is C18H15N5O3. The monoisotopic (exact) mass is 349 g/mol. The lowest BCUT2D eigenvalue weighted by atomic mass is 10.0. The molecule has 0 atom stereocenters. The number of nitriles is 1. The fraction of sp³-hybridized carbons (Fsp3) is 0.111. The first-order valence-corrected chi connectivity index (χ1v) is 7.67. The van der Waals surface area contributed by atoms with E-state index in [1.807, 2.05) is 6.07 Å². The lowest BCUT2D eigenvalue weighted by Gasteiger charge is -2.11. The van der Waals surface area contributed by atoms with E-state index in [1.54, 1.807) is 42.0 Å². The van der Waals surface area contributed by atoms with Gasteiger partial charge in [0.1, 0.15) is 0 Å². The average molecular weight is 349 g/mol. The second-order valence-corrected chi connectivity index (χ2v) is 5.40. The number of carbonyl (C=O) groups is 1. The van der Waals surface area contributed by atoms with Gasteiger partial charge in [-0.1, -0.05) is 6.07 Å². The summed E-state index contributed by atoms with van der Waals surface area (Å²) in [6.45, 7) is 0. The molecule has 0 radical (unpaired) electrons. The zero-order chi connectivity index (χ0) is 18.5. The van der Waals surface area contributed by atoms with Crippen LogP contribution in [0.3, 0.4) is 0 Å². The molecule has 2 heterocycles. The predicted octanol–water partition coefficient (Wildman–Crippen LogP) is 2.30. The van der Waals surface area contributed by atoms with E-state index in [-0.39, 0.29) is 6.42 Å². The van der Waals surface area contributed by atoms with E-state index in [2.05, 4.69) is 21.4 Å². The maximum atomic E-state index is 11.3. The molecule has 26 heavy (non-hydrogen) atoms. The molecule has 3 rings (SSSR count). The van der Waals surface area contributed by atoms with Gasteiger partial charge in [-0.25, -0.2) is 10.5 Å². The first-order chi connectivity index (χ1) is 12.6. The highest BCUT2D eigenvalue weighted by Gasteiger charge is 2.10. The highest BCUT2D eigenvalue weighted by molar-refractivity contribution is 5.91. The molecular weight excluding hydrogens is 334 g/mol. The maximum Gasteiger partial charge on any atom is 0.247 e.